The van der Waals surface area contributed by atoms with Gasteiger partial charge in [0.15, 0.2) is 0 Å². The van der Waals surface area contributed by atoms with Gasteiger partial charge in [-0.3, -0.25) is 19.8 Å². The van der Waals surface area contributed by atoms with Crippen LogP contribution in [0, 0.1) is 17.0 Å². The van der Waals surface area contributed by atoms with E-state index in [2.05, 4.69) is 16.1 Å². The molecule has 8 nitrogen and oxygen atoms in total. The molecule has 1 aliphatic heterocycles. The van der Waals surface area contributed by atoms with Crippen LogP contribution in [0.3, 0.4) is 0 Å². The zero-order valence-corrected chi connectivity index (χ0v) is 15.6. The molecule has 3 heterocycles. The minimum absolute atomic E-state index is 0.0173. The Morgan fingerprint density at radius 3 is 2.64 bits per heavy atom. The Balaban J connectivity index is 1.40. The number of aromatic nitrogens is 2. The third-order valence-corrected chi connectivity index (χ3v) is 5.20. The van der Waals surface area contributed by atoms with Crippen molar-refractivity contribution in [3.8, 4) is 0 Å². The van der Waals surface area contributed by atoms with Crippen LogP contribution in [0.4, 0.5) is 5.69 Å². The van der Waals surface area contributed by atoms with Gasteiger partial charge in [-0.25, -0.2) is 4.52 Å². The summed E-state index contributed by atoms with van der Waals surface area (Å²) in [6.07, 6.45) is 1.93. The number of piperazine rings is 1. The van der Waals surface area contributed by atoms with Gasteiger partial charge in [-0.2, -0.15) is 5.10 Å². The van der Waals surface area contributed by atoms with Crippen molar-refractivity contribution < 1.29 is 9.72 Å². The number of amides is 1. The standard InChI is InChI=1S/C20H21N5O3/c1-15-18(6-4-7-19(15)25(27)28)20(26)23-11-9-22(10-12-23)14-16-13-17-5-2-3-8-24(17)21-16/h2-8,13H,9-12,14H2,1H3. The first kappa shape index (κ1) is 18.1. The molecule has 144 valence electrons. The number of nitro benzene ring substituents is 1. The van der Waals surface area contributed by atoms with Crippen LogP contribution in [0.2, 0.25) is 0 Å². The fourth-order valence-electron chi connectivity index (χ4n) is 3.63. The predicted octanol–water partition coefficient (Wildman–Crippen LogP) is 2.51. The third kappa shape index (κ3) is 3.46. The van der Waals surface area contributed by atoms with Crippen LogP contribution in [0.5, 0.6) is 0 Å². The number of nitro groups is 1. The number of nitrogens with zero attached hydrogens (tertiary/aromatic N) is 5. The van der Waals surface area contributed by atoms with Crippen molar-refractivity contribution >= 4 is 17.1 Å². The molecule has 1 aliphatic rings. The molecule has 0 saturated carbocycles. The zero-order valence-electron chi connectivity index (χ0n) is 15.6. The van der Waals surface area contributed by atoms with Crippen LogP contribution in [-0.2, 0) is 6.54 Å². The van der Waals surface area contributed by atoms with Crippen LogP contribution < -0.4 is 0 Å². The lowest BCUT2D eigenvalue weighted by Gasteiger charge is -2.34. The average molecular weight is 379 g/mol. The summed E-state index contributed by atoms with van der Waals surface area (Å²) < 4.78 is 1.86. The summed E-state index contributed by atoms with van der Waals surface area (Å²) in [5, 5.41) is 15.7. The third-order valence-electron chi connectivity index (χ3n) is 5.20. The van der Waals surface area contributed by atoms with E-state index >= 15 is 0 Å². The lowest BCUT2D eigenvalue weighted by atomic mass is 10.1. The fourth-order valence-corrected chi connectivity index (χ4v) is 3.63. The molecule has 8 heteroatoms. The first-order valence-electron chi connectivity index (χ1n) is 9.22. The molecular weight excluding hydrogens is 358 g/mol. The molecule has 1 aromatic carbocycles. The Morgan fingerprint density at radius 1 is 1.14 bits per heavy atom. The summed E-state index contributed by atoms with van der Waals surface area (Å²) in [5.74, 6) is -0.145. The molecule has 0 radical (unpaired) electrons. The lowest BCUT2D eigenvalue weighted by molar-refractivity contribution is -0.385. The first-order valence-corrected chi connectivity index (χ1v) is 9.22. The highest BCUT2D eigenvalue weighted by molar-refractivity contribution is 5.96. The minimum atomic E-state index is -0.446. The van der Waals surface area contributed by atoms with E-state index in [-0.39, 0.29) is 11.6 Å². The number of pyridine rings is 1. The molecule has 2 aromatic heterocycles. The van der Waals surface area contributed by atoms with E-state index in [1.165, 1.54) is 6.07 Å². The molecule has 0 unspecified atom stereocenters. The number of hydrogen-bond acceptors (Lipinski definition) is 5. The van der Waals surface area contributed by atoms with E-state index in [4.69, 9.17) is 0 Å². The Morgan fingerprint density at radius 2 is 1.93 bits per heavy atom. The maximum absolute atomic E-state index is 12.8. The molecule has 3 aromatic rings. The Bertz CT molecular complexity index is 1000. The summed E-state index contributed by atoms with van der Waals surface area (Å²) in [6.45, 7) is 5.04. The summed E-state index contributed by atoms with van der Waals surface area (Å²) in [5.41, 5.74) is 2.87. The van der Waals surface area contributed by atoms with Crippen LogP contribution in [-0.4, -0.2) is 56.4 Å². The molecular formula is C20H21N5O3. The van der Waals surface area contributed by atoms with Crippen molar-refractivity contribution in [1.29, 1.82) is 0 Å². The molecule has 0 spiro atoms. The number of hydrogen-bond donors (Lipinski definition) is 0. The molecule has 0 aliphatic carbocycles. The Labute approximate surface area is 162 Å². The normalized spacial score (nSPS) is 15.1. The predicted molar refractivity (Wildman–Crippen MR) is 104 cm³/mol. The molecule has 0 atom stereocenters. The zero-order chi connectivity index (χ0) is 19.7. The van der Waals surface area contributed by atoms with Gasteiger partial charge in [0.1, 0.15) is 0 Å². The summed E-state index contributed by atoms with van der Waals surface area (Å²) in [7, 11) is 0. The monoisotopic (exact) mass is 379 g/mol. The van der Waals surface area contributed by atoms with E-state index < -0.39 is 4.92 Å². The van der Waals surface area contributed by atoms with Crippen molar-refractivity contribution in [3.05, 3.63) is 75.6 Å². The maximum atomic E-state index is 12.8. The number of carbonyl (C=O) groups excluding carboxylic acids is 1. The van der Waals surface area contributed by atoms with E-state index in [1.54, 1.807) is 24.0 Å². The van der Waals surface area contributed by atoms with E-state index in [0.717, 1.165) is 30.8 Å². The van der Waals surface area contributed by atoms with Crippen LogP contribution in [0.15, 0.2) is 48.7 Å². The second kappa shape index (κ2) is 7.40. The number of rotatable bonds is 4. The highest BCUT2D eigenvalue weighted by Crippen LogP contribution is 2.23. The van der Waals surface area contributed by atoms with Gasteiger partial charge in [-0.05, 0) is 31.2 Å². The molecule has 28 heavy (non-hydrogen) atoms. The first-order chi connectivity index (χ1) is 13.5. The quantitative estimate of drug-likeness (QED) is 0.514. The molecule has 1 saturated heterocycles. The maximum Gasteiger partial charge on any atom is 0.273 e. The van der Waals surface area contributed by atoms with Gasteiger partial charge < -0.3 is 4.90 Å². The van der Waals surface area contributed by atoms with E-state index in [0.29, 0.717) is 24.2 Å². The smallest absolute Gasteiger partial charge is 0.273 e. The number of benzene rings is 1. The van der Waals surface area contributed by atoms with Crippen molar-refractivity contribution in [3.63, 3.8) is 0 Å². The summed E-state index contributed by atoms with van der Waals surface area (Å²) >= 11 is 0. The van der Waals surface area contributed by atoms with Crippen molar-refractivity contribution in [2.75, 3.05) is 26.2 Å². The van der Waals surface area contributed by atoms with Crippen LogP contribution in [0.1, 0.15) is 21.6 Å². The van der Waals surface area contributed by atoms with Gasteiger partial charge in [0.25, 0.3) is 11.6 Å². The van der Waals surface area contributed by atoms with Crippen LogP contribution in [0.25, 0.3) is 5.52 Å². The molecule has 1 fully saturated rings. The van der Waals surface area contributed by atoms with E-state index in [9.17, 15) is 14.9 Å². The SMILES string of the molecule is Cc1c(C(=O)N2CCN(Cc3cc4ccccn4n3)CC2)cccc1[N+](=O)[O-]. The van der Waals surface area contributed by atoms with Gasteiger partial charge in [0.05, 0.1) is 16.1 Å². The second-order valence-electron chi connectivity index (χ2n) is 6.98. The molecule has 0 bridgehead atoms. The second-order valence-corrected chi connectivity index (χ2v) is 6.98. The van der Waals surface area contributed by atoms with Crippen LogP contribution >= 0.6 is 0 Å². The van der Waals surface area contributed by atoms with Gasteiger partial charge >= 0.3 is 0 Å². The molecule has 1 amide bonds. The number of fused-ring (bicyclic) bond motifs is 1. The Kier molecular flexibility index (Phi) is 4.79. The minimum Gasteiger partial charge on any atom is -0.336 e. The van der Waals surface area contributed by atoms with Gasteiger partial charge in [-0.15, -0.1) is 0 Å². The summed E-state index contributed by atoms with van der Waals surface area (Å²) in [6, 6.07) is 12.7. The van der Waals surface area contributed by atoms with Gasteiger partial charge in [0, 0.05) is 56.1 Å². The average Bonchev–Trinajstić information content (AvgIpc) is 3.10. The lowest BCUT2D eigenvalue weighted by Crippen LogP contribution is -2.48. The summed E-state index contributed by atoms with van der Waals surface area (Å²) in [4.78, 5) is 27.6. The number of carbonyl (C=O) groups is 1. The van der Waals surface area contributed by atoms with Gasteiger partial charge in [0.2, 0.25) is 0 Å². The topological polar surface area (TPSA) is 84.0 Å². The van der Waals surface area contributed by atoms with E-state index in [1.807, 2.05) is 28.9 Å². The fraction of sp³-hybridized carbons (Fsp3) is 0.300. The molecule has 0 N–H and O–H groups in total. The van der Waals surface area contributed by atoms with Crippen molar-refractivity contribution in [2.24, 2.45) is 0 Å². The molecule has 4 rings (SSSR count). The Hall–Kier alpha value is -3.26. The van der Waals surface area contributed by atoms with Crippen molar-refractivity contribution in [2.45, 2.75) is 13.5 Å². The highest BCUT2D eigenvalue weighted by atomic mass is 16.6. The van der Waals surface area contributed by atoms with Gasteiger partial charge in [-0.1, -0.05) is 12.1 Å². The highest BCUT2D eigenvalue weighted by Gasteiger charge is 2.26. The van der Waals surface area contributed by atoms with Crippen molar-refractivity contribution in [1.82, 2.24) is 19.4 Å². The largest absolute Gasteiger partial charge is 0.336 e.